The van der Waals surface area contributed by atoms with E-state index in [1.807, 2.05) is 0 Å². The SMILES string of the molecule is CCn1c(-c2ccc(C)c(C)c2)c[n+]2ccc(C=Cc3ccc(N(C)C)cc3)cc12. The Labute approximate surface area is 179 Å². The molecule has 0 amide bonds. The third-order valence-corrected chi connectivity index (χ3v) is 5.81. The molecule has 0 saturated heterocycles. The summed E-state index contributed by atoms with van der Waals surface area (Å²) in [6.45, 7) is 7.48. The molecule has 0 fully saturated rings. The molecule has 0 saturated carbocycles. The fourth-order valence-electron chi connectivity index (χ4n) is 3.81. The Balaban J connectivity index is 1.69. The molecular weight excluding hydrogens is 366 g/mol. The van der Waals surface area contributed by atoms with E-state index in [0.717, 1.165) is 6.54 Å². The number of pyridine rings is 1. The highest BCUT2D eigenvalue weighted by molar-refractivity contribution is 5.72. The quantitative estimate of drug-likeness (QED) is 0.390. The van der Waals surface area contributed by atoms with Crippen molar-refractivity contribution >= 4 is 23.5 Å². The smallest absolute Gasteiger partial charge is 0.287 e. The summed E-state index contributed by atoms with van der Waals surface area (Å²) >= 11 is 0. The minimum absolute atomic E-state index is 0.928. The second-order valence-corrected chi connectivity index (χ2v) is 8.10. The number of benzene rings is 2. The standard InChI is InChI=1S/C27H30N3/c1-6-30-26(24-12-7-20(2)21(3)17-24)19-29-16-15-23(18-27(29)30)9-8-22-10-13-25(14-11-22)28(4)5/h7-19H,6H2,1-5H3/q+1. The Kier molecular flexibility index (Phi) is 5.45. The van der Waals surface area contributed by atoms with E-state index < -0.39 is 0 Å². The number of fused-ring (bicyclic) bond motifs is 1. The molecule has 0 spiro atoms. The minimum atomic E-state index is 0.928. The molecule has 30 heavy (non-hydrogen) atoms. The van der Waals surface area contributed by atoms with Crippen LogP contribution in [0.1, 0.15) is 29.2 Å². The van der Waals surface area contributed by atoms with Gasteiger partial charge in [0.1, 0.15) is 6.20 Å². The summed E-state index contributed by atoms with van der Waals surface area (Å²) in [5, 5.41) is 0. The predicted molar refractivity (Wildman–Crippen MR) is 128 cm³/mol. The lowest BCUT2D eigenvalue weighted by molar-refractivity contribution is -0.510. The van der Waals surface area contributed by atoms with Gasteiger partial charge in [-0.1, -0.05) is 36.4 Å². The van der Waals surface area contributed by atoms with Gasteiger partial charge in [-0.2, -0.15) is 0 Å². The molecule has 4 rings (SSSR count). The summed E-state index contributed by atoms with van der Waals surface area (Å²) in [7, 11) is 4.12. The molecule has 0 aliphatic heterocycles. The number of aromatic nitrogens is 2. The van der Waals surface area contributed by atoms with Gasteiger partial charge in [0, 0.05) is 31.4 Å². The number of hydrogen-bond acceptors (Lipinski definition) is 1. The first kappa shape index (κ1) is 20.0. The Morgan fingerprint density at radius 2 is 1.60 bits per heavy atom. The summed E-state index contributed by atoms with van der Waals surface area (Å²) in [4.78, 5) is 2.12. The van der Waals surface area contributed by atoms with Crippen LogP contribution in [-0.4, -0.2) is 18.7 Å². The van der Waals surface area contributed by atoms with Gasteiger partial charge in [0.15, 0.2) is 5.69 Å². The monoisotopic (exact) mass is 396 g/mol. The van der Waals surface area contributed by atoms with Crippen LogP contribution in [0.5, 0.6) is 0 Å². The number of rotatable bonds is 5. The number of imidazole rings is 1. The lowest BCUT2D eigenvalue weighted by Crippen LogP contribution is -2.18. The molecule has 0 aliphatic rings. The average molecular weight is 397 g/mol. The second kappa shape index (κ2) is 8.19. The van der Waals surface area contributed by atoms with Crippen molar-refractivity contribution in [3.8, 4) is 11.3 Å². The maximum absolute atomic E-state index is 2.38. The van der Waals surface area contributed by atoms with Gasteiger partial charge in [-0.25, -0.2) is 8.97 Å². The Morgan fingerprint density at radius 3 is 2.27 bits per heavy atom. The van der Waals surface area contributed by atoms with Gasteiger partial charge in [-0.3, -0.25) is 0 Å². The highest BCUT2D eigenvalue weighted by Gasteiger charge is 2.18. The molecule has 3 heteroatoms. The fourth-order valence-corrected chi connectivity index (χ4v) is 3.81. The van der Waals surface area contributed by atoms with E-state index in [4.69, 9.17) is 0 Å². The average Bonchev–Trinajstić information content (AvgIpc) is 3.12. The van der Waals surface area contributed by atoms with Gasteiger partial charge in [0.05, 0.1) is 12.7 Å². The van der Waals surface area contributed by atoms with Gasteiger partial charge in [-0.05, 0) is 67.3 Å². The van der Waals surface area contributed by atoms with Crippen molar-refractivity contribution in [2.45, 2.75) is 27.3 Å². The van der Waals surface area contributed by atoms with Crippen molar-refractivity contribution in [3.05, 3.63) is 89.2 Å². The molecule has 0 aliphatic carbocycles. The van der Waals surface area contributed by atoms with Crippen LogP contribution in [0.15, 0.2) is 67.0 Å². The molecule has 0 radical (unpaired) electrons. The molecular formula is C27H30N3+. The maximum atomic E-state index is 2.38. The van der Waals surface area contributed by atoms with E-state index in [2.05, 4.69) is 128 Å². The fraction of sp³-hybridized carbons (Fsp3) is 0.222. The Morgan fingerprint density at radius 1 is 0.867 bits per heavy atom. The number of nitrogens with zero attached hydrogens (tertiary/aromatic N) is 3. The van der Waals surface area contributed by atoms with Crippen molar-refractivity contribution in [2.24, 2.45) is 0 Å². The molecule has 0 atom stereocenters. The van der Waals surface area contributed by atoms with Crippen LogP contribution in [0.25, 0.3) is 29.1 Å². The van der Waals surface area contributed by atoms with E-state index in [9.17, 15) is 0 Å². The van der Waals surface area contributed by atoms with E-state index >= 15 is 0 Å². The summed E-state index contributed by atoms with van der Waals surface area (Å²) in [5.74, 6) is 0. The van der Waals surface area contributed by atoms with Gasteiger partial charge < -0.3 is 4.90 Å². The van der Waals surface area contributed by atoms with Gasteiger partial charge in [-0.15, -0.1) is 0 Å². The third-order valence-electron chi connectivity index (χ3n) is 5.81. The molecule has 2 heterocycles. The molecule has 152 valence electrons. The van der Waals surface area contributed by atoms with Crippen molar-refractivity contribution < 1.29 is 4.40 Å². The van der Waals surface area contributed by atoms with E-state index in [1.54, 1.807) is 0 Å². The maximum Gasteiger partial charge on any atom is 0.287 e. The molecule has 3 nitrogen and oxygen atoms in total. The zero-order valence-corrected chi connectivity index (χ0v) is 18.6. The lowest BCUT2D eigenvalue weighted by atomic mass is 10.0. The first-order chi connectivity index (χ1) is 14.5. The normalized spacial score (nSPS) is 11.5. The molecule has 0 N–H and O–H groups in total. The van der Waals surface area contributed by atoms with Crippen LogP contribution in [0.2, 0.25) is 0 Å². The number of aryl methyl sites for hydroxylation is 3. The van der Waals surface area contributed by atoms with E-state index in [-0.39, 0.29) is 0 Å². The highest BCUT2D eigenvalue weighted by Crippen LogP contribution is 2.24. The second-order valence-electron chi connectivity index (χ2n) is 8.10. The van der Waals surface area contributed by atoms with Crippen LogP contribution in [0.4, 0.5) is 5.69 Å². The molecule has 0 unspecified atom stereocenters. The van der Waals surface area contributed by atoms with Gasteiger partial charge >= 0.3 is 0 Å². The van der Waals surface area contributed by atoms with Crippen LogP contribution in [0.3, 0.4) is 0 Å². The van der Waals surface area contributed by atoms with Crippen molar-refractivity contribution in [2.75, 3.05) is 19.0 Å². The van der Waals surface area contributed by atoms with Crippen molar-refractivity contribution in [3.63, 3.8) is 0 Å². The van der Waals surface area contributed by atoms with Crippen molar-refractivity contribution in [1.29, 1.82) is 0 Å². The van der Waals surface area contributed by atoms with Gasteiger partial charge in [0.2, 0.25) is 0 Å². The molecule has 0 bridgehead atoms. The van der Waals surface area contributed by atoms with Crippen LogP contribution < -0.4 is 9.30 Å². The number of anilines is 1. The van der Waals surface area contributed by atoms with E-state index in [1.165, 1.54) is 44.8 Å². The topological polar surface area (TPSA) is 12.3 Å². The lowest BCUT2D eigenvalue weighted by Gasteiger charge is -2.11. The first-order valence-electron chi connectivity index (χ1n) is 10.5. The zero-order chi connectivity index (χ0) is 21.3. The first-order valence-corrected chi connectivity index (χ1v) is 10.5. The van der Waals surface area contributed by atoms with Crippen molar-refractivity contribution in [1.82, 2.24) is 4.57 Å². The Hall–Kier alpha value is -3.33. The molecule has 2 aromatic carbocycles. The Bertz CT molecular complexity index is 1210. The number of hydrogen-bond donors (Lipinski definition) is 0. The molecule has 4 aromatic rings. The zero-order valence-electron chi connectivity index (χ0n) is 18.6. The highest BCUT2D eigenvalue weighted by atomic mass is 15.1. The summed E-state index contributed by atoms with van der Waals surface area (Å²) in [6, 6.07) is 19.8. The molecule has 2 aromatic heterocycles. The minimum Gasteiger partial charge on any atom is -0.378 e. The summed E-state index contributed by atoms with van der Waals surface area (Å²) < 4.78 is 4.60. The largest absolute Gasteiger partial charge is 0.378 e. The van der Waals surface area contributed by atoms with Crippen LogP contribution in [-0.2, 0) is 6.54 Å². The predicted octanol–water partition coefficient (Wildman–Crippen LogP) is 5.77. The van der Waals surface area contributed by atoms with Crippen LogP contribution in [0, 0.1) is 13.8 Å². The summed E-state index contributed by atoms with van der Waals surface area (Å²) in [6.07, 6.45) is 8.75. The van der Waals surface area contributed by atoms with Gasteiger partial charge in [0.25, 0.3) is 5.65 Å². The van der Waals surface area contributed by atoms with Crippen LogP contribution >= 0.6 is 0 Å². The van der Waals surface area contributed by atoms with E-state index in [0.29, 0.717) is 0 Å². The summed E-state index contributed by atoms with van der Waals surface area (Å²) in [5.41, 5.74) is 10.00. The third kappa shape index (κ3) is 3.88.